The zero-order valence-electron chi connectivity index (χ0n) is 12.0. The Bertz CT molecular complexity index is 444. The fourth-order valence-electron chi connectivity index (χ4n) is 2.53. The molecule has 110 valence electrons. The molecule has 0 saturated carbocycles. The van der Waals surface area contributed by atoms with E-state index in [0.717, 1.165) is 13.0 Å². The van der Waals surface area contributed by atoms with Crippen LogP contribution in [-0.2, 0) is 11.2 Å². The number of carbonyl (C=O) groups excluding carboxylic acids is 1. The van der Waals surface area contributed by atoms with Crippen molar-refractivity contribution in [1.82, 2.24) is 10.6 Å². The van der Waals surface area contributed by atoms with E-state index in [1.165, 1.54) is 12.5 Å². The zero-order chi connectivity index (χ0) is 14.4. The summed E-state index contributed by atoms with van der Waals surface area (Å²) in [6, 6.07) is 7.17. The van der Waals surface area contributed by atoms with Gasteiger partial charge in [0, 0.05) is 18.5 Å². The van der Waals surface area contributed by atoms with Gasteiger partial charge in [-0.25, -0.2) is 4.39 Å². The molecule has 0 bridgehead atoms. The van der Waals surface area contributed by atoms with Crippen molar-refractivity contribution in [3.05, 3.63) is 35.6 Å². The highest BCUT2D eigenvalue weighted by Gasteiger charge is 2.17. The second kappa shape index (κ2) is 7.39. The summed E-state index contributed by atoms with van der Waals surface area (Å²) in [6.07, 6.45) is 3.58. The maximum Gasteiger partial charge on any atom is 0.222 e. The SMILES string of the molecule is CC(CCc1ccccc1F)C(=O)NCC1CCCN1. The molecular formula is C16H23FN2O. The molecule has 1 amide bonds. The molecule has 0 aromatic heterocycles. The van der Waals surface area contributed by atoms with E-state index < -0.39 is 0 Å². The van der Waals surface area contributed by atoms with Gasteiger partial charge in [0.25, 0.3) is 0 Å². The van der Waals surface area contributed by atoms with Crippen LogP contribution in [0.2, 0.25) is 0 Å². The lowest BCUT2D eigenvalue weighted by molar-refractivity contribution is -0.124. The Morgan fingerprint density at radius 1 is 1.50 bits per heavy atom. The fraction of sp³-hybridized carbons (Fsp3) is 0.562. The first-order valence-corrected chi connectivity index (χ1v) is 7.41. The van der Waals surface area contributed by atoms with Crippen LogP contribution in [0.5, 0.6) is 0 Å². The van der Waals surface area contributed by atoms with Gasteiger partial charge in [-0.1, -0.05) is 25.1 Å². The maximum atomic E-state index is 13.5. The number of aryl methyl sites for hydroxylation is 1. The number of amides is 1. The van der Waals surface area contributed by atoms with Crippen molar-refractivity contribution in [3.63, 3.8) is 0 Å². The third-order valence-electron chi connectivity index (χ3n) is 3.94. The van der Waals surface area contributed by atoms with Crippen molar-refractivity contribution >= 4 is 5.91 Å². The molecule has 1 aromatic rings. The Morgan fingerprint density at radius 2 is 2.30 bits per heavy atom. The van der Waals surface area contributed by atoms with Crippen LogP contribution in [0, 0.1) is 11.7 Å². The van der Waals surface area contributed by atoms with Crippen molar-refractivity contribution in [2.75, 3.05) is 13.1 Å². The van der Waals surface area contributed by atoms with Gasteiger partial charge in [0.1, 0.15) is 5.82 Å². The molecule has 1 aliphatic heterocycles. The first-order valence-electron chi connectivity index (χ1n) is 7.41. The van der Waals surface area contributed by atoms with Gasteiger partial charge in [0.2, 0.25) is 5.91 Å². The topological polar surface area (TPSA) is 41.1 Å². The number of carbonyl (C=O) groups is 1. The maximum absolute atomic E-state index is 13.5. The molecular weight excluding hydrogens is 255 g/mol. The van der Waals surface area contributed by atoms with Gasteiger partial charge in [-0.2, -0.15) is 0 Å². The summed E-state index contributed by atoms with van der Waals surface area (Å²) in [4.78, 5) is 12.0. The molecule has 2 unspecified atom stereocenters. The summed E-state index contributed by atoms with van der Waals surface area (Å²) in [5.41, 5.74) is 0.685. The van der Waals surface area contributed by atoms with Crippen LogP contribution in [0.4, 0.5) is 4.39 Å². The van der Waals surface area contributed by atoms with Gasteiger partial charge < -0.3 is 10.6 Å². The molecule has 1 heterocycles. The predicted molar refractivity (Wildman–Crippen MR) is 77.9 cm³/mol. The highest BCUT2D eigenvalue weighted by Crippen LogP contribution is 2.13. The van der Waals surface area contributed by atoms with E-state index in [1.54, 1.807) is 12.1 Å². The lowest BCUT2D eigenvalue weighted by atomic mass is 10.00. The Morgan fingerprint density at radius 3 is 3.00 bits per heavy atom. The summed E-state index contributed by atoms with van der Waals surface area (Å²) < 4.78 is 13.5. The number of rotatable bonds is 6. The number of hydrogen-bond acceptors (Lipinski definition) is 2. The molecule has 2 N–H and O–H groups in total. The van der Waals surface area contributed by atoms with E-state index in [1.807, 2.05) is 13.0 Å². The minimum Gasteiger partial charge on any atom is -0.354 e. The van der Waals surface area contributed by atoms with E-state index in [2.05, 4.69) is 10.6 Å². The van der Waals surface area contributed by atoms with Crippen molar-refractivity contribution in [3.8, 4) is 0 Å². The molecule has 4 heteroatoms. The second-order valence-corrected chi connectivity index (χ2v) is 5.57. The molecule has 1 fully saturated rings. The highest BCUT2D eigenvalue weighted by molar-refractivity contribution is 5.78. The van der Waals surface area contributed by atoms with Gasteiger partial charge in [0.05, 0.1) is 0 Å². The highest BCUT2D eigenvalue weighted by atomic mass is 19.1. The molecule has 2 atom stereocenters. The Kier molecular flexibility index (Phi) is 5.53. The summed E-state index contributed by atoms with van der Waals surface area (Å²) in [5.74, 6) is -0.207. The van der Waals surface area contributed by atoms with E-state index in [0.29, 0.717) is 31.0 Å². The minimum absolute atomic E-state index is 0.0649. The Hall–Kier alpha value is -1.42. The molecule has 1 aliphatic rings. The number of halogens is 1. The number of hydrogen-bond donors (Lipinski definition) is 2. The molecule has 2 rings (SSSR count). The molecule has 3 nitrogen and oxygen atoms in total. The summed E-state index contributed by atoms with van der Waals surface area (Å²) in [7, 11) is 0. The normalized spacial score (nSPS) is 19.8. The lowest BCUT2D eigenvalue weighted by Gasteiger charge is -2.15. The Labute approximate surface area is 120 Å². The smallest absolute Gasteiger partial charge is 0.222 e. The second-order valence-electron chi connectivity index (χ2n) is 5.57. The van der Waals surface area contributed by atoms with Gasteiger partial charge in [-0.3, -0.25) is 4.79 Å². The van der Waals surface area contributed by atoms with Crippen LogP contribution >= 0.6 is 0 Å². The molecule has 1 aromatic carbocycles. The van der Waals surface area contributed by atoms with Crippen molar-refractivity contribution in [2.24, 2.45) is 5.92 Å². The minimum atomic E-state index is -0.185. The quantitative estimate of drug-likeness (QED) is 0.838. The predicted octanol–water partition coefficient (Wildman–Crippen LogP) is 2.26. The first-order chi connectivity index (χ1) is 9.66. The zero-order valence-corrected chi connectivity index (χ0v) is 12.0. The average molecular weight is 278 g/mol. The van der Waals surface area contributed by atoms with Crippen molar-refractivity contribution < 1.29 is 9.18 Å². The van der Waals surface area contributed by atoms with E-state index >= 15 is 0 Å². The summed E-state index contributed by atoms with van der Waals surface area (Å²) in [6.45, 7) is 3.64. The molecule has 1 saturated heterocycles. The third-order valence-corrected chi connectivity index (χ3v) is 3.94. The monoisotopic (exact) mass is 278 g/mol. The summed E-state index contributed by atoms with van der Waals surface area (Å²) >= 11 is 0. The van der Waals surface area contributed by atoms with Crippen molar-refractivity contribution in [1.29, 1.82) is 0 Å². The van der Waals surface area contributed by atoms with Gasteiger partial charge in [-0.05, 0) is 43.9 Å². The van der Waals surface area contributed by atoms with Crippen LogP contribution < -0.4 is 10.6 Å². The van der Waals surface area contributed by atoms with E-state index in [4.69, 9.17) is 0 Å². The van der Waals surface area contributed by atoms with Crippen LogP contribution in [-0.4, -0.2) is 25.0 Å². The van der Waals surface area contributed by atoms with Crippen LogP contribution in [0.1, 0.15) is 31.7 Å². The fourth-order valence-corrected chi connectivity index (χ4v) is 2.53. The van der Waals surface area contributed by atoms with Gasteiger partial charge >= 0.3 is 0 Å². The van der Waals surface area contributed by atoms with Crippen LogP contribution in [0.3, 0.4) is 0 Å². The molecule has 0 spiro atoms. The largest absolute Gasteiger partial charge is 0.354 e. The number of nitrogens with one attached hydrogen (secondary N) is 2. The average Bonchev–Trinajstić information content (AvgIpc) is 2.97. The van der Waals surface area contributed by atoms with Gasteiger partial charge in [0.15, 0.2) is 0 Å². The first kappa shape index (κ1) is 15.0. The van der Waals surface area contributed by atoms with Crippen molar-refractivity contribution in [2.45, 2.75) is 38.6 Å². The van der Waals surface area contributed by atoms with Crippen LogP contribution in [0.15, 0.2) is 24.3 Å². The van der Waals surface area contributed by atoms with Gasteiger partial charge in [-0.15, -0.1) is 0 Å². The Balaban J connectivity index is 1.72. The van der Waals surface area contributed by atoms with Crippen LogP contribution in [0.25, 0.3) is 0 Å². The number of benzene rings is 1. The summed E-state index contributed by atoms with van der Waals surface area (Å²) in [5, 5.41) is 6.33. The molecule has 20 heavy (non-hydrogen) atoms. The standard InChI is InChI=1S/C16H23FN2O/c1-12(8-9-13-5-2-3-7-15(13)17)16(20)19-11-14-6-4-10-18-14/h2-3,5,7,12,14,18H,4,6,8-11H2,1H3,(H,19,20). The van der Waals surface area contributed by atoms with E-state index in [9.17, 15) is 9.18 Å². The molecule has 0 radical (unpaired) electrons. The molecule has 0 aliphatic carbocycles. The van der Waals surface area contributed by atoms with E-state index in [-0.39, 0.29) is 17.6 Å². The third kappa shape index (κ3) is 4.30. The lowest BCUT2D eigenvalue weighted by Crippen LogP contribution is -2.39.